The average Bonchev–Trinajstić information content (AvgIpc) is 3.27. The van der Waals surface area contributed by atoms with Crippen molar-refractivity contribution in [3.63, 3.8) is 0 Å². The molecule has 4 rings (SSSR count). The summed E-state index contributed by atoms with van der Waals surface area (Å²) in [6.45, 7) is 4.08. The molecule has 1 unspecified atom stereocenters. The third-order valence-corrected chi connectivity index (χ3v) is 5.18. The van der Waals surface area contributed by atoms with E-state index in [4.69, 9.17) is 4.42 Å². The van der Waals surface area contributed by atoms with Gasteiger partial charge in [-0.3, -0.25) is 4.79 Å². The molecule has 0 spiro atoms. The first-order valence-electron chi connectivity index (χ1n) is 10.4. The summed E-state index contributed by atoms with van der Waals surface area (Å²) in [4.78, 5) is 12.8. The number of rotatable bonds is 7. The number of carbonyl (C=O) groups is 1. The molecule has 0 bridgehead atoms. The number of amides is 1. The molecular formula is C26H25N3O2. The van der Waals surface area contributed by atoms with Crippen LogP contribution < -0.4 is 5.32 Å². The molecule has 0 saturated carbocycles. The summed E-state index contributed by atoms with van der Waals surface area (Å²) in [6.07, 6.45) is 0.658. The summed E-state index contributed by atoms with van der Waals surface area (Å²) in [5.74, 6) is 0.860. The lowest BCUT2D eigenvalue weighted by molar-refractivity contribution is -0.121. The fourth-order valence-corrected chi connectivity index (χ4v) is 3.38. The molecule has 4 aromatic rings. The minimum atomic E-state index is -0.208. The van der Waals surface area contributed by atoms with Crippen LogP contribution in [0.25, 0.3) is 11.5 Å². The van der Waals surface area contributed by atoms with Crippen LogP contribution in [0.3, 0.4) is 0 Å². The van der Waals surface area contributed by atoms with Crippen LogP contribution in [0, 0.1) is 13.8 Å². The lowest BCUT2D eigenvalue weighted by Gasteiger charge is -2.20. The van der Waals surface area contributed by atoms with E-state index in [2.05, 4.69) is 46.7 Å². The van der Waals surface area contributed by atoms with Crippen molar-refractivity contribution in [1.82, 2.24) is 15.5 Å². The van der Waals surface area contributed by atoms with Crippen molar-refractivity contribution < 1.29 is 9.21 Å². The first kappa shape index (κ1) is 20.5. The van der Waals surface area contributed by atoms with Crippen LogP contribution in [0.5, 0.6) is 0 Å². The number of aromatic nitrogens is 2. The molecule has 31 heavy (non-hydrogen) atoms. The van der Waals surface area contributed by atoms with Crippen LogP contribution in [-0.2, 0) is 11.2 Å². The lowest BCUT2D eigenvalue weighted by atomic mass is 9.97. The minimum Gasteiger partial charge on any atom is -0.421 e. The summed E-state index contributed by atoms with van der Waals surface area (Å²) in [5, 5.41) is 11.4. The maximum atomic E-state index is 12.8. The second-order valence-electron chi connectivity index (χ2n) is 7.69. The van der Waals surface area contributed by atoms with Crippen molar-refractivity contribution in [2.45, 2.75) is 32.7 Å². The Labute approximate surface area is 182 Å². The lowest BCUT2D eigenvalue weighted by Crippen LogP contribution is -2.29. The van der Waals surface area contributed by atoms with E-state index in [1.165, 1.54) is 11.1 Å². The van der Waals surface area contributed by atoms with E-state index in [0.717, 1.165) is 16.7 Å². The third kappa shape index (κ3) is 5.25. The van der Waals surface area contributed by atoms with E-state index in [1.54, 1.807) is 0 Å². The monoisotopic (exact) mass is 411 g/mol. The minimum absolute atomic E-state index is 0.0653. The molecule has 0 aliphatic rings. The molecule has 1 atom stereocenters. The maximum Gasteiger partial charge on any atom is 0.247 e. The van der Waals surface area contributed by atoms with Crippen LogP contribution in [0.2, 0.25) is 0 Å². The number of nitrogens with zero attached hydrogens (tertiary/aromatic N) is 2. The van der Waals surface area contributed by atoms with E-state index in [1.807, 2.05) is 61.5 Å². The van der Waals surface area contributed by atoms with Crippen molar-refractivity contribution in [3.8, 4) is 11.5 Å². The fraction of sp³-hybridized carbons (Fsp3) is 0.192. The standard InChI is InChI=1S/C26H25N3O2/c1-18-8-12-21(13-9-18)25(20-6-4-3-5-7-20)27-23(30)16-17-24-28-29-26(31-24)22-14-10-19(2)11-15-22/h3-15,25H,16-17H2,1-2H3,(H,27,30). The highest BCUT2D eigenvalue weighted by atomic mass is 16.4. The highest BCUT2D eigenvalue weighted by Crippen LogP contribution is 2.23. The van der Waals surface area contributed by atoms with Gasteiger partial charge in [0.1, 0.15) is 0 Å². The predicted octanol–water partition coefficient (Wildman–Crippen LogP) is 5.19. The molecule has 1 heterocycles. The predicted molar refractivity (Wildman–Crippen MR) is 120 cm³/mol. The molecule has 0 aliphatic heterocycles. The maximum absolute atomic E-state index is 12.8. The number of hydrogen-bond donors (Lipinski definition) is 1. The smallest absolute Gasteiger partial charge is 0.247 e. The second kappa shape index (κ2) is 9.39. The Morgan fingerprint density at radius 2 is 1.45 bits per heavy atom. The zero-order valence-electron chi connectivity index (χ0n) is 17.7. The van der Waals surface area contributed by atoms with Gasteiger partial charge in [-0.1, -0.05) is 77.9 Å². The van der Waals surface area contributed by atoms with E-state index >= 15 is 0 Å². The SMILES string of the molecule is Cc1ccc(-c2nnc(CCC(=O)NC(c3ccccc3)c3ccc(C)cc3)o2)cc1. The Hall–Kier alpha value is -3.73. The van der Waals surface area contributed by atoms with Gasteiger partial charge in [0, 0.05) is 18.4 Å². The van der Waals surface area contributed by atoms with Gasteiger partial charge in [0.25, 0.3) is 0 Å². The van der Waals surface area contributed by atoms with Crippen LogP contribution in [0.4, 0.5) is 0 Å². The number of benzene rings is 3. The topological polar surface area (TPSA) is 68.0 Å². The summed E-state index contributed by atoms with van der Waals surface area (Å²) in [5.41, 5.74) is 5.31. The normalized spacial score (nSPS) is 11.8. The van der Waals surface area contributed by atoms with Crippen LogP contribution >= 0.6 is 0 Å². The van der Waals surface area contributed by atoms with Gasteiger partial charge in [-0.2, -0.15) is 0 Å². The number of nitrogens with one attached hydrogen (secondary N) is 1. The van der Waals surface area contributed by atoms with Gasteiger partial charge in [-0.15, -0.1) is 10.2 Å². The second-order valence-corrected chi connectivity index (χ2v) is 7.69. The third-order valence-electron chi connectivity index (χ3n) is 5.18. The van der Waals surface area contributed by atoms with Crippen molar-refractivity contribution in [3.05, 3.63) is 107 Å². The van der Waals surface area contributed by atoms with Crippen LogP contribution in [0.1, 0.15) is 40.6 Å². The molecule has 156 valence electrons. The summed E-state index contributed by atoms with van der Waals surface area (Å²) >= 11 is 0. The summed E-state index contributed by atoms with van der Waals surface area (Å²) in [7, 11) is 0. The molecule has 1 N–H and O–H groups in total. The van der Waals surface area contributed by atoms with Gasteiger partial charge in [0.2, 0.25) is 17.7 Å². The van der Waals surface area contributed by atoms with Gasteiger partial charge >= 0.3 is 0 Å². The number of aryl methyl sites for hydroxylation is 3. The van der Waals surface area contributed by atoms with Gasteiger partial charge in [0.15, 0.2) is 0 Å². The summed E-state index contributed by atoms with van der Waals surface area (Å²) in [6, 6.07) is 25.9. The molecule has 0 radical (unpaired) electrons. The zero-order valence-corrected chi connectivity index (χ0v) is 17.7. The Bertz CT molecular complexity index is 1130. The quantitative estimate of drug-likeness (QED) is 0.454. The molecule has 0 aliphatic carbocycles. The van der Waals surface area contributed by atoms with Crippen molar-refractivity contribution in [1.29, 1.82) is 0 Å². The summed E-state index contributed by atoms with van der Waals surface area (Å²) < 4.78 is 5.75. The van der Waals surface area contributed by atoms with Crippen LogP contribution in [0.15, 0.2) is 83.3 Å². The first-order valence-corrected chi connectivity index (χ1v) is 10.4. The van der Waals surface area contributed by atoms with E-state index < -0.39 is 0 Å². The van der Waals surface area contributed by atoms with Gasteiger partial charge in [-0.05, 0) is 37.1 Å². The average molecular weight is 412 g/mol. The largest absolute Gasteiger partial charge is 0.421 e. The highest BCUT2D eigenvalue weighted by molar-refractivity contribution is 5.77. The Kier molecular flexibility index (Phi) is 6.22. The molecule has 1 aromatic heterocycles. The Morgan fingerprint density at radius 3 is 2.13 bits per heavy atom. The molecule has 0 saturated heterocycles. The van der Waals surface area contributed by atoms with Crippen molar-refractivity contribution in [2.75, 3.05) is 0 Å². The van der Waals surface area contributed by atoms with E-state index in [-0.39, 0.29) is 18.4 Å². The Morgan fingerprint density at radius 1 is 0.839 bits per heavy atom. The van der Waals surface area contributed by atoms with E-state index in [0.29, 0.717) is 18.2 Å². The first-order chi connectivity index (χ1) is 15.1. The molecule has 0 fully saturated rings. The molecule has 5 heteroatoms. The highest BCUT2D eigenvalue weighted by Gasteiger charge is 2.17. The molecule has 5 nitrogen and oxygen atoms in total. The Balaban J connectivity index is 1.42. The van der Waals surface area contributed by atoms with Crippen molar-refractivity contribution >= 4 is 5.91 Å². The zero-order chi connectivity index (χ0) is 21.6. The number of hydrogen-bond acceptors (Lipinski definition) is 4. The van der Waals surface area contributed by atoms with Crippen LogP contribution in [-0.4, -0.2) is 16.1 Å². The molecular weight excluding hydrogens is 386 g/mol. The van der Waals surface area contributed by atoms with E-state index in [9.17, 15) is 4.79 Å². The van der Waals surface area contributed by atoms with Crippen molar-refractivity contribution in [2.24, 2.45) is 0 Å². The molecule has 1 amide bonds. The van der Waals surface area contributed by atoms with Gasteiger partial charge in [0.05, 0.1) is 6.04 Å². The van der Waals surface area contributed by atoms with Gasteiger partial charge < -0.3 is 9.73 Å². The van der Waals surface area contributed by atoms with Gasteiger partial charge in [-0.25, -0.2) is 0 Å². The molecule has 3 aromatic carbocycles. The number of carbonyl (C=O) groups excluding carboxylic acids is 1. The fourth-order valence-electron chi connectivity index (χ4n) is 3.38.